The molecule has 2 fully saturated rings. The van der Waals surface area contributed by atoms with Crippen LogP contribution >= 0.6 is 0 Å². The molecule has 4 atom stereocenters. The summed E-state index contributed by atoms with van der Waals surface area (Å²) in [6, 6.07) is -0.196. The molecule has 0 spiro atoms. The molecule has 0 bridgehead atoms. The van der Waals surface area contributed by atoms with Gasteiger partial charge in [-0.1, -0.05) is 0 Å². The van der Waals surface area contributed by atoms with Gasteiger partial charge in [-0.2, -0.15) is 0 Å². The molecular weight excluding hydrogens is 314 g/mol. The van der Waals surface area contributed by atoms with Crippen molar-refractivity contribution in [1.82, 2.24) is 4.90 Å². The Kier molecular flexibility index (Phi) is 5.40. The molecule has 0 aromatic carbocycles. The van der Waals surface area contributed by atoms with Crippen LogP contribution in [0.2, 0.25) is 0 Å². The van der Waals surface area contributed by atoms with Crippen LogP contribution in [0.25, 0.3) is 0 Å². The molecule has 2 rings (SSSR count). The summed E-state index contributed by atoms with van der Waals surface area (Å²) in [6.45, 7) is 7.27. The van der Waals surface area contributed by atoms with E-state index < -0.39 is 17.7 Å². The topological polar surface area (TPSA) is 82.1 Å². The standard InChI is InChI=1S/C17H27NO6/c1-6-23-15(20)14-10-7-8-11(13(10)14)18(9-12(19)22-5)16(21)24-17(2,3)4/h10-11,13-14H,6-9H2,1-5H3/t10-,11+,13-,14+/m1/s1. The SMILES string of the molecule is CCOC(=O)[C@H]1[C@@H]2CC[C@H](N(CC(=O)OC)C(=O)OC(C)(C)C)[C@@H]21. The molecule has 0 saturated heterocycles. The highest BCUT2D eigenvalue weighted by atomic mass is 16.6. The quantitative estimate of drug-likeness (QED) is 0.562. The van der Waals surface area contributed by atoms with E-state index in [9.17, 15) is 14.4 Å². The minimum Gasteiger partial charge on any atom is -0.468 e. The molecule has 0 aromatic heterocycles. The normalized spacial score (nSPS) is 27.9. The van der Waals surface area contributed by atoms with Crippen LogP contribution in [0.5, 0.6) is 0 Å². The van der Waals surface area contributed by atoms with Crippen LogP contribution in [0.1, 0.15) is 40.5 Å². The third kappa shape index (κ3) is 3.99. The summed E-state index contributed by atoms with van der Waals surface area (Å²) in [5, 5.41) is 0. The van der Waals surface area contributed by atoms with Gasteiger partial charge in [0.2, 0.25) is 0 Å². The lowest BCUT2D eigenvalue weighted by atomic mass is 10.1. The number of carbonyl (C=O) groups excluding carboxylic acids is 3. The number of amides is 1. The zero-order chi connectivity index (χ0) is 18.1. The van der Waals surface area contributed by atoms with Crippen molar-refractivity contribution in [2.75, 3.05) is 20.3 Å². The first-order chi connectivity index (χ1) is 11.2. The van der Waals surface area contributed by atoms with Gasteiger partial charge in [-0.05, 0) is 52.4 Å². The van der Waals surface area contributed by atoms with E-state index in [1.54, 1.807) is 27.7 Å². The average Bonchev–Trinajstić information content (AvgIpc) is 3.05. The number of methoxy groups -OCH3 is 1. The molecule has 0 radical (unpaired) electrons. The Morgan fingerprint density at radius 3 is 2.38 bits per heavy atom. The van der Waals surface area contributed by atoms with Gasteiger partial charge in [0.05, 0.1) is 19.6 Å². The first-order valence-corrected chi connectivity index (χ1v) is 8.42. The van der Waals surface area contributed by atoms with Crippen molar-refractivity contribution < 1.29 is 28.6 Å². The maximum absolute atomic E-state index is 12.5. The fraction of sp³-hybridized carbons (Fsp3) is 0.824. The number of carbonyl (C=O) groups is 3. The Labute approximate surface area is 142 Å². The number of hydrogen-bond donors (Lipinski definition) is 0. The van der Waals surface area contributed by atoms with Gasteiger partial charge in [-0.3, -0.25) is 14.5 Å². The van der Waals surface area contributed by atoms with E-state index in [0.717, 1.165) is 12.8 Å². The van der Waals surface area contributed by atoms with Crippen molar-refractivity contribution in [2.45, 2.75) is 52.2 Å². The molecule has 1 amide bonds. The molecule has 0 aromatic rings. The summed E-state index contributed by atoms with van der Waals surface area (Å²) in [6.07, 6.45) is 1.05. The maximum Gasteiger partial charge on any atom is 0.411 e. The fourth-order valence-electron chi connectivity index (χ4n) is 3.63. The van der Waals surface area contributed by atoms with E-state index in [0.29, 0.717) is 6.61 Å². The molecule has 0 N–H and O–H groups in total. The van der Waals surface area contributed by atoms with Crippen LogP contribution < -0.4 is 0 Å². The Balaban J connectivity index is 2.11. The van der Waals surface area contributed by atoms with Gasteiger partial charge < -0.3 is 14.2 Å². The lowest BCUT2D eigenvalue weighted by molar-refractivity contribution is -0.146. The summed E-state index contributed by atoms with van der Waals surface area (Å²) < 4.78 is 15.2. The van der Waals surface area contributed by atoms with Gasteiger partial charge in [0.15, 0.2) is 0 Å². The Bertz CT molecular complexity index is 512. The summed E-state index contributed by atoms with van der Waals surface area (Å²) >= 11 is 0. The number of ether oxygens (including phenoxy) is 3. The molecule has 24 heavy (non-hydrogen) atoms. The van der Waals surface area contributed by atoms with Crippen LogP contribution in [0, 0.1) is 17.8 Å². The second-order valence-electron chi connectivity index (χ2n) is 7.35. The number of fused-ring (bicyclic) bond motifs is 1. The smallest absolute Gasteiger partial charge is 0.411 e. The van der Waals surface area contributed by atoms with E-state index >= 15 is 0 Å². The van der Waals surface area contributed by atoms with Crippen molar-refractivity contribution >= 4 is 18.0 Å². The number of rotatable bonds is 5. The molecule has 0 aliphatic heterocycles. The second-order valence-corrected chi connectivity index (χ2v) is 7.35. The third-order valence-electron chi connectivity index (χ3n) is 4.58. The average molecular weight is 341 g/mol. The van der Waals surface area contributed by atoms with Gasteiger partial charge >= 0.3 is 18.0 Å². The molecule has 7 nitrogen and oxygen atoms in total. The predicted molar refractivity (Wildman–Crippen MR) is 85.1 cm³/mol. The van der Waals surface area contributed by atoms with Crippen molar-refractivity contribution in [1.29, 1.82) is 0 Å². The molecule has 2 aliphatic carbocycles. The van der Waals surface area contributed by atoms with E-state index in [-0.39, 0.29) is 36.3 Å². The van der Waals surface area contributed by atoms with Crippen LogP contribution in [0.3, 0.4) is 0 Å². The lowest BCUT2D eigenvalue weighted by Gasteiger charge is -2.32. The molecule has 2 saturated carbocycles. The zero-order valence-corrected chi connectivity index (χ0v) is 15.0. The highest BCUT2D eigenvalue weighted by Gasteiger charge is 2.64. The molecule has 7 heteroatoms. The Hall–Kier alpha value is -1.79. The minimum atomic E-state index is -0.659. The fourth-order valence-corrected chi connectivity index (χ4v) is 3.63. The summed E-state index contributed by atoms with van der Waals surface area (Å²) in [5.74, 6) is -0.610. The predicted octanol–water partition coefficient (Wildman–Crippen LogP) is 1.98. The van der Waals surface area contributed by atoms with Gasteiger partial charge in [0.25, 0.3) is 0 Å². The van der Waals surface area contributed by atoms with Crippen molar-refractivity contribution in [2.24, 2.45) is 17.8 Å². The van der Waals surface area contributed by atoms with Gasteiger partial charge in [0, 0.05) is 6.04 Å². The van der Waals surface area contributed by atoms with Gasteiger partial charge in [0.1, 0.15) is 12.1 Å². The monoisotopic (exact) mass is 341 g/mol. The lowest BCUT2D eigenvalue weighted by Crippen LogP contribution is -2.47. The zero-order valence-electron chi connectivity index (χ0n) is 15.0. The first kappa shape index (κ1) is 18.5. The van der Waals surface area contributed by atoms with Gasteiger partial charge in [-0.25, -0.2) is 4.79 Å². The molecule has 0 heterocycles. The van der Waals surface area contributed by atoms with Crippen LogP contribution in [0.15, 0.2) is 0 Å². The summed E-state index contributed by atoms with van der Waals surface area (Å²) in [5.41, 5.74) is -0.659. The Morgan fingerprint density at radius 1 is 1.17 bits per heavy atom. The number of nitrogens with zero attached hydrogens (tertiary/aromatic N) is 1. The molecular formula is C17H27NO6. The largest absolute Gasteiger partial charge is 0.468 e. The highest BCUT2D eigenvalue weighted by Crippen LogP contribution is 2.59. The van der Waals surface area contributed by atoms with Crippen LogP contribution in [-0.4, -0.2) is 54.8 Å². The summed E-state index contributed by atoms with van der Waals surface area (Å²) in [7, 11) is 1.28. The molecule has 2 aliphatic rings. The van der Waals surface area contributed by atoms with E-state index in [1.807, 2.05) is 0 Å². The second kappa shape index (κ2) is 6.99. The highest BCUT2D eigenvalue weighted by molar-refractivity contribution is 5.80. The summed E-state index contributed by atoms with van der Waals surface area (Å²) in [4.78, 5) is 37.7. The Morgan fingerprint density at radius 2 is 1.83 bits per heavy atom. The van der Waals surface area contributed by atoms with E-state index in [2.05, 4.69) is 0 Å². The van der Waals surface area contributed by atoms with E-state index in [1.165, 1.54) is 12.0 Å². The number of esters is 2. The van der Waals surface area contributed by atoms with Crippen molar-refractivity contribution in [3.8, 4) is 0 Å². The van der Waals surface area contributed by atoms with Gasteiger partial charge in [-0.15, -0.1) is 0 Å². The van der Waals surface area contributed by atoms with Crippen molar-refractivity contribution in [3.05, 3.63) is 0 Å². The van der Waals surface area contributed by atoms with E-state index in [4.69, 9.17) is 14.2 Å². The number of hydrogen-bond acceptors (Lipinski definition) is 6. The van der Waals surface area contributed by atoms with Crippen LogP contribution in [0.4, 0.5) is 4.79 Å². The van der Waals surface area contributed by atoms with Crippen LogP contribution in [-0.2, 0) is 23.8 Å². The first-order valence-electron chi connectivity index (χ1n) is 8.42. The maximum atomic E-state index is 12.5. The third-order valence-corrected chi connectivity index (χ3v) is 4.58. The molecule has 0 unspecified atom stereocenters. The minimum absolute atomic E-state index is 0.0428. The van der Waals surface area contributed by atoms with Crippen molar-refractivity contribution in [3.63, 3.8) is 0 Å². The molecule has 136 valence electrons.